The van der Waals surface area contributed by atoms with Crippen LogP contribution in [0.1, 0.15) is 31.9 Å². The summed E-state index contributed by atoms with van der Waals surface area (Å²) in [6.45, 7) is 9.81. The van der Waals surface area contributed by atoms with Gasteiger partial charge in [0.2, 0.25) is 10.0 Å². The molecule has 0 saturated carbocycles. The SMILES string of the molecule is COc1ccc(Br)cc1S(=O)(=O)N1CCN(Cc2ccc(C(C)(C)C)cc2)CC1. The third-order valence-corrected chi connectivity index (χ3v) is 7.71. The van der Waals surface area contributed by atoms with Crippen molar-refractivity contribution in [2.24, 2.45) is 0 Å². The van der Waals surface area contributed by atoms with Crippen LogP contribution in [0.2, 0.25) is 0 Å². The minimum absolute atomic E-state index is 0.145. The number of nitrogens with zero attached hydrogens (tertiary/aromatic N) is 2. The first-order valence-electron chi connectivity index (χ1n) is 9.77. The van der Waals surface area contributed by atoms with E-state index in [1.165, 1.54) is 18.2 Å². The number of ether oxygens (including phenoxy) is 1. The Kier molecular flexibility index (Phi) is 6.73. The van der Waals surface area contributed by atoms with E-state index in [-0.39, 0.29) is 10.3 Å². The lowest BCUT2D eigenvalue weighted by atomic mass is 9.87. The Morgan fingerprint density at radius 3 is 2.17 bits per heavy atom. The Balaban J connectivity index is 1.65. The van der Waals surface area contributed by atoms with Crippen LogP contribution < -0.4 is 4.74 Å². The van der Waals surface area contributed by atoms with Crippen LogP contribution in [0.4, 0.5) is 0 Å². The molecule has 0 spiro atoms. The van der Waals surface area contributed by atoms with E-state index >= 15 is 0 Å². The molecule has 0 aromatic heterocycles. The fraction of sp³-hybridized carbons (Fsp3) is 0.455. The third-order valence-electron chi connectivity index (χ3n) is 5.30. The van der Waals surface area contributed by atoms with Crippen molar-refractivity contribution in [2.45, 2.75) is 37.6 Å². The molecule has 0 N–H and O–H groups in total. The summed E-state index contributed by atoms with van der Waals surface area (Å²) in [7, 11) is -2.10. The molecule has 1 saturated heterocycles. The van der Waals surface area contributed by atoms with Gasteiger partial charge in [0.1, 0.15) is 10.6 Å². The predicted molar refractivity (Wildman–Crippen MR) is 120 cm³/mol. The molecule has 0 radical (unpaired) electrons. The van der Waals surface area contributed by atoms with Crippen molar-refractivity contribution in [1.82, 2.24) is 9.21 Å². The van der Waals surface area contributed by atoms with Crippen molar-refractivity contribution in [3.8, 4) is 5.75 Å². The fourth-order valence-electron chi connectivity index (χ4n) is 3.49. The molecule has 2 aromatic rings. The second-order valence-electron chi connectivity index (χ2n) is 8.42. The van der Waals surface area contributed by atoms with Crippen molar-refractivity contribution in [2.75, 3.05) is 33.3 Å². The van der Waals surface area contributed by atoms with Crippen molar-refractivity contribution in [3.05, 3.63) is 58.1 Å². The Bertz CT molecular complexity index is 945. The summed E-state index contributed by atoms with van der Waals surface area (Å²) in [6.07, 6.45) is 0. The lowest BCUT2D eigenvalue weighted by Gasteiger charge is -2.34. The van der Waals surface area contributed by atoms with Crippen LogP contribution in [0.15, 0.2) is 51.8 Å². The van der Waals surface area contributed by atoms with Crippen LogP contribution in [0.5, 0.6) is 5.75 Å². The molecular formula is C22H29BrN2O3S. The summed E-state index contributed by atoms with van der Waals surface area (Å²) in [5, 5.41) is 0. The number of methoxy groups -OCH3 is 1. The number of hydrogen-bond acceptors (Lipinski definition) is 4. The summed E-state index contributed by atoms with van der Waals surface area (Å²) >= 11 is 3.36. The molecule has 0 atom stereocenters. The Morgan fingerprint density at radius 2 is 1.62 bits per heavy atom. The van der Waals surface area contributed by atoms with Crippen molar-refractivity contribution in [3.63, 3.8) is 0 Å². The summed E-state index contributed by atoms with van der Waals surface area (Å²) in [5.41, 5.74) is 2.72. The average Bonchev–Trinajstić information content (AvgIpc) is 2.68. The number of rotatable bonds is 5. The van der Waals surface area contributed by atoms with Crippen LogP contribution >= 0.6 is 15.9 Å². The zero-order chi connectivity index (χ0) is 21.2. The summed E-state index contributed by atoms with van der Waals surface area (Å²) in [4.78, 5) is 2.51. The third kappa shape index (κ3) is 5.20. The Morgan fingerprint density at radius 1 is 1.00 bits per heavy atom. The highest BCUT2D eigenvalue weighted by molar-refractivity contribution is 9.10. The molecule has 7 heteroatoms. The quantitative estimate of drug-likeness (QED) is 0.641. The van der Waals surface area contributed by atoms with Gasteiger partial charge in [0.25, 0.3) is 0 Å². The normalized spacial score (nSPS) is 16.7. The number of halogens is 1. The molecule has 2 aromatic carbocycles. The monoisotopic (exact) mass is 480 g/mol. The first kappa shape index (κ1) is 22.3. The van der Waals surface area contributed by atoms with Crippen LogP contribution in [-0.4, -0.2) is 50.9 Å². The van der Waals surface area contributed by atoms with E-state index in [0.29, 0.717) is 36.4 Å². The molecule has 1 aliphatic rings. The van der Waals surface area contributed by atoms with Gasteiger partial charge in [-0.3, -0.25) is 4.90 Å². The van der Waals surface area contributed by atoms with Crippen LogP contribution in [-0.2, 0) is 22.0 Å². The van der Waals surface area contributed by atoms with Crippen LogP contribution in [0.3, 0.4) is 0 Å². The standard InChI is InChI=1S/C22H29BrN2O3S/c1-22(2,3)18-7-5-17(6-8-18)16-24-11-13-25(14-12-24)29(26,27)21-15-19(23)9-10-20(21)28-4/h5-10,15H,11-14,16H2,1-4H3. The summed E-state index contributed by atoms with van der Waals surface area (Å²) < 4.78 is 33.8. The molecule has 5 nitrogen and oxygen atoms in total. The van der Waals surface area contributed by atoms with Gasteiger partial charge in [-0.05, 0) is 34.7 Å². The van der Waals surface area contributed by atoms with E-state index < -0.39 is 10.0 Å². The molecule has 29 heavy (non-hydrogen) atoms. The highest BCUT2D eigenvalue weighted by Gasteiger charge is 2.31. The van der Waals surface area contributed by atoms with Gasteiger partial charge in [0.15, 0.2) is 0 Å². The molecule has 0 unspecified atom stereocenters. The smallest absolute Gasteiger partial charge is 0.246 e. The lowest BCUT2D eigenvalue weighted by molar-refractivity contribution is 0.181. The van der Waals surface area contributed by atoms with E-state index in [1.807, 2.05) is 0 Å². The van der Waals surface area contributed by atoms with Gasteiger partial charge >= 0.3 is 0 Å². The number of piperazine rings is 1. The molecule has 1 fully saturated rings. The lowest BCUT2D eigenvalue weighted by Crippen LogP contribution is -2.48. The van der Waals surface area contributed by atoms with Crippen molar-refractivity contribution < 1.29 is 13.2 Å². The summed E-state index contributed by atoms with van der Waals surface area (Å²) in [5.74, 6) is 0.370. The zero-order valence-corrected chi connectivity index (χ0v) is 19.9. The predicted octanol–water partition coefficient (Wildman–Crippen LogP) is 4.26. The highest BCUT2D eigenvalue weighted by atomic mass is 79.9. The van der Waals surface area contributed by atoms with E-state index in [1.54, 1.807) is 22.5 Å². The summed E-state index contributed by atoms with van der Waals surface area (Å²) in [6, 6.07) is 13.8. The van der Waals surface area contributed by atoms with Gasteiger partial charge in [-0.1, -0.05) is 61.0 Å². The minimum atomic E-state index is -3.59. The molecule has 1 heterocycles. The topological polar surface area (TPSA) is 49.9 Å². The van der Waals surface area contributed by atoms with Crippen LogP contribution in [0.25, 0.3) is 0 Å². The number of hydrogen-bond donors (Lipinski definition) is 0. The molecule has 158 valence electrons. The Hall–Kier alpha value is -1.41. The van der Waals surface area contributed by atoms with Crippen molar-refractivity contribution in [1.29, 1.82) is 0 Å². The number of sulfonamides is 1. The van der Waals surface area contributed by atoms with Crippen LogP contribution in [0, 0.1) is 0 Å². The minimum Gasteiger partial charge on any atom is -0.495 e. The van der Waals surface area contributed by atoms with Gasteiger partial charge in [0.05, 0.1) is 7.11 Å². The molecular weight excluding hydrogens is 452 g/mol. The molecule has 0 aliphatic carbocycles. The second kappa shape index (κ2) is 8.76. The second-order valence-corrected chi connectivity index (χ2v) is 11.2. The largest absolute Gasteiger partial charge is 0.495 e. The van der Waals surface area contributed by atoms with Gasteiger partial charge in [-0.15, -0.1) is 0 Å². The maximum absolute atomic E-state index is 13.1. The fourth-order valence-corrected chi connectivity index (χ4v) is 5.60. The average molecular weight is 481 g/mol. The highest BCUT2D eigenvalue weighted by Crippen LogP contribution is 2.30. The Labute approximate surface area is 182 Å². The van der Waals surface area contributed by atoms with E-state index in [4.69, 9.17) is 4.74 Å². The maximum Gasteiger partial charge on any atom is 0.246 e. The van der Waals surface area contributed by atoms with Gasteiger partial charge in [0, 0.05) is 37.2 Å². The van der Waals surface area contributed by atoms with E-state index in [2.05, 4.69) is 65.9 Å². The van der Waals surface area contributed by atoms with Crippen molar-refractivity contribution >= 4 is 26.0 Å². The number of benzene rings is 2. The van der Waals surface area contributed by atoms with Gasteiger partial charge in [-0.2, -0.15) is 4.31 Å². The molecule has 3 rings (SSSR count). The first-order valence-corrected chi connectivity index (χ1v) is 12.0. The molecule has 0 bridgehead atoms. The zero-order valence-electron chi connectivity index (χ0n) is 17.5. The molecule has 0 amide bonds. The maximum atomic E-state index is 13.1. The molecule has 1 aliphatic heterocycles. The van der Waals surface area contributed by atoms with Gasteiger partial charge in [-0.25, -0.2) is 8.42 Å². The van der Waals surface area contributed by atoms with Gasteiger partial charge < -0.3 is 4.74 Å². The van der Waals surface area contributed by atoms with E-state index in [0.717, 1.165) is 6.54 Å². The van der Waals surface area contributed by atoms with E-state index in [9.17, 15) is 8.42 Å². The first-order chi connectivity index (χ1) is 13.6.